The van der Waals surface area contributed by atoms with Gasteiger partial charge in [0, 0.05) is 12.6 Å². The second-order valence-corrected chi connectivity index (χ2v) is 5.38. The first-order chi connectivity index (χ1) is 12.4. The second-order valence-electron chi connectivity index (χ2n) is 5.38. The highest BCUT2D eigenvalue weighted by Crippen LogP contribution is 2.27. The van der Waals surface area contributed by atoms with Crippen LogP contribution >= 0.6 is 0 Å². The van der Waals surface area contributed by atoms with Crippen LogP contribution in [0.3, 0.4) is 0 Å². The Morgan fingerprint density at radius 1 is 1.15 bits per heavy atom. The smallest absolute Gasteiger partial charge is 0.310 e. The van der Waals surface area contributed by atoms with Gasteiger partial charge in [0.2, 0.25) is 0 Å². The van der Waals surface area contributed by atoms with Gasteiger partial charge in [-0.05, 0) is 32.0 Å². The van der Waals surface area contributed by atoms with Crippen molar-refractivity contribution in [2.45, 2.75) is 20.0 Å². The van der Waals surface area contributed by atoms with Crippen LogP contribution in [0.5, 0.6) is 5.75 Å². The van der Waals surface area contributed by atoms with E-state index in [-0.39, 0.29) is 17.3 Å². The summed E-state index contributed by atoms with van der Waals surface area (Å²) in [5.41, 5.74) is 0.428. The summed E-state index contributed by atoms with van der Waals surface area (Å²) in [7, 11) is 0. The molecule has 8 heteroatoms. The summed E-state index contributed by atoms with van der Waals surface area (Å²) >= 11 is 0. The van der Waals surface area contributed by atoms with E-state index in [1.165, 1.54) is 25.1 Å². The molecular formula is C18H19N3O5. The quantitative estimate of drug-likeness (QED) is 0.585. The summed E-state index contributed by atoms with van der Waals surface area (Å²) < 4.78 is 5.43. The van der Waals surface area contributed by atoms with E-state index < -0.39 is 16.9 Å². The molecule has 2 N–H and O–H groups in total. The monoisotopic (exact) mass is 357 g/mol. The van der Waals surface area contributed by atoms with Gasteiger partial charge in [-0.1, -0.05) is 24.3 Å². The number of nitrogens with zero attached hydrogens (tertiary/aromatic N) is 1. The van der Waals surface area contributed by atoms with Gasteiger partial charge in [0.1, 0.15) is 0 Å². The molecule has 0 fully saturated rings. The maximum atomic E-state index is 12.4. The average molecular weight is 357 g/mol. The third-order valence-corrected chi connectivity index (χ3v) is 3.50. The summed E-state index contributed by atoms with van der Waals surface area (Å²) in [6.07, 6.45) is -1.00. The molecule has 0 spiro atoms. The number of anilines is 1. The van der Waals surface area contributed by atoms with Gasteiger partial charge >= 0.3 is 5.69 Å². The van der Waals surface area contributed by atoms with Crippen LogP contribution < -0.4 is 15.4 Å². The molecule has 2 amide bonds. The highest BCUT2D eigenvalue weighted by atomic mass is 16.6. The summed E-state index contributed by atoms with van der Waals surface area (Å²) in [5, 5.41) is 16.3. The molecule has 1 atom stereocenters. The number of nitro benzene ring substituents is 1. The minimum atomic E-state index is -1.00. The molecule has 0 heterocycles. The molecule has 8 nitrogen and oxygen atoms in total. The molecule has 136 valence electrons. The summed E-state index contributed by atoms with van der Waals surface area (Å²) in [6, 6.07) is 12.4. The number of amides is 2. The Morgan fingerprint density at radius 3 is 2.50 bits per heavy atom. The molecular weight excluding hydrogens is 338 g/mol. The third-order valence-electron chi connectivity index (χ3n) is 3.50. The number of hydrogen-bond donors (Lipinski definition) is 2. The van der Waals surface area contributed by atoms with Crippen molar-refractivity contribution in [3.63, 3.8) is 0 Å². The van der Waals surface area contributed by atoms with Crippen LogP contribution in [0.2, 0.25) is 0 Å². The number of hydrogen-bond acceptors (Lipinski definition) is 5. The highest BCUT2D eigenvalue weighted by Gasteiger charge is 2.22. The maximum absolute atomic E-state index is 12.4. The molecule has 0 saturated carbocycles. The Morgan fingerprint density at radius 2 is 1.81 bits per heavy atom. The van der Waals surface area contributed by atoms with Gasteiger partial charge in [0.05, 0.1) is 16.2 Å². The Bertz CT molecular complexity index is 822. The van der Waals surface area contributed by atoms with E-state index in [1.807, 2.05) is 0 Å². The number of para-hydroxylation sites is 3. The van der Waals surface area contributed by atoms with E-state index in [0.717, 1.165) is 0 Å². The fourth-order valence-electron chi connectivity index (χ4n) is 2.23. The zero-order valence-corrected chi connectivity index (χ0v) is 14.4. The summed E-state index contributed by atoms with van der Waals surface area (Å²) in [4.78, 5) is 34.9. The Labute approximate surface area is 150 Å². The van der Waals surface area contributed by atoms with Crippen molar-refractivity contribution < 1.29 is 19.2 Å². The molecule has 2 rings (SSSR count). The minimum absolute atomic E-state index is 0.00263. The Balaban J connectivity index is 2.14. The Hall–Kier alpha value is -3.42. The van der Waals surface area contributed by atoms with Crippen molar-refractivity contribution in [1.82, 2.24) is 5.32 Å². The molecule has 0 aromatic heterocycles. The summed E-state index contributed by atoms with van der Waals surface area (Å²) in [6.45, 7) is 3.72. The van der Waals surface area contributed by atoms with Crippen LogP contribution in [-0.4, -0.2) is 29.4 Å². The average Bonchev–Trinajstić information content (AvgIpc) is 2.62. The Kier molecular flexibility index (Phi) is 6.26. The van der Waals surface area contributed by atoms with Gasteiger partial charge in [0.25, 0.3) is 11.8 Å². The van der Waals surface area contributed by atoms with Crippen LogP contribution in [0, 0.1) is 10.1 Å². The lowest BCUT2D eigenvalue weighted by Crippen LogP contribution is -2.32. The molecule has 0 saturated heterocycles. The molecule has 0 bridgehead atoms. The fourth-order valence-corrected chi connectivity index (χ4v) is 2.23. The number of rotatable bonds is 7. The molecule has 0 aliphatic carbocycles. The second kappa shape index (κ2) is 8.61. The molecule has 2 aromatic carbocycles. The molecule has 2 aromatic rings. The van der Waals surface area contributed by atoms with Gasteiger partial charge in [-0.25, -0.2) is 0 Å². The number of carbonyl (C=O) groups excluding carboxylic acids is 2. The third kappa shape index (κ3) is 4.56. The largest absolute Gasteiger partial charge is 0.474 e. The van der Waals surface area contributed by atoms with Crippen molar-refractivity contribution in [3.8, 4) is 5.75 Å². The van der Waals surface area contributed by atoms with E-state index in [0.29, 0.717) is 17.8 Å². The van der Waals surface area contributed by atoms with Crippen molar-refractivity contribution in [1.29, 1.82) is 0 Å². The van der Waals surface area contributed by atoms with Crippen LogP contribution in [0.4, 0.5) is 11.4 Å². The number of ether oxygens (including phenoxy) is 1. The van der Waals surface area contributed by atoms with Crippen molar-refractivity contribution in [2.75, 3.05) is 11.9 Å². The van der Waals surface area contributed by atoms with Gasteiger partial charge in [0.15, 0.2) is 11.9 Å². The van der Waals surface area contributed by atoms with E-state index in [2.05, 4.69) is 10.6 Å². The van der Waals surface area contributed by atoms with Crippen LogP contribution in [0.1, 0.15) is 24.2 Å². The van der Waals surface area contributed by atoms with E-state index >= 15 is 0 Å². The lowest BCUT2D eigenvalue weighted by Gasteiger charge is -2.16. The molecule has 1 unspecified atom stereocenters. The minimum Gasteiger partial charge on any atom is -0.474 e. The maximum Gasteiger partial charge on any atom is 0.310 e. The number of nitrogens with one attached hydrogen (secondary N) is 2. The number of carbonyl (C=O) groups is 2. The topological polar surface area (TPSA) is 111 Å². The highest BCUT2D eigenvalue weighted by molar-refractivity contribution is 6.04. The first kappa shape index (κ1) is 18.9. The standard InChI is InChI=1S/C18H19N3O5/c1-3-19-18(23)13-8-4-5-9-14(13)20-17(22)12(2)26-16-11-7-6-10-15(16)21(24)25/h4-12H,3H2,1-2H3,(H,19,23)(H,20,22). The fraction of sp³-hybridized carbons (Fsp3) is 0.222. The van der Waals surface area contributed by atoms with Crippen LogP contribution in [-0.2, 0) is 4.79 Å². The predicted octanol–water partition coefficient (Wildman–Crippen LogP) is 2.75. The predicted molar refractivity (Wildman–Crippen MR) is 96.3 cm³/mol. The molecule has 0 aliphatic heterocycles. The van der Waals surface area contributed by atoms with Crippen molar-refractivity contribution >= 4 is 23.2 Å². The van der Waals surface area contributed by atoms with Crippen molar-refractivity contribution in [3.05, 3.63) is 64.2 Å². The number of benzene rings is 2. The molecule has 26 heavy (non-hydrogen) atoms. The van der Waals surface area contributed by atoms with Crippen LogP contribution in [0.25, 0.3) is 0 Å². The first-order valence-electron chi connectivity index (χ1n) is 8.02. The normalized spacial score (nSPS) is 11.3. The van der Waals surface area contributed by atoms with Gasteiger partial charge in [-0.2, -0.15) is 0 Å². The van der Waals surface area contributed by atoms with Gasteiger partial charge < -0.3 is 15.4 Å². The van der Waals surface area contributed by atoms with Crippen LogP contribution in [0.15, 0.2) is 48.5 Å². The lowest BCUT2D eigenvalue weighted by atomic mass is 10.1. The van der Waals surface area contributed by atoms with Crippen molar-refractivity contribution in [2.24, 2.45) is 0 Å². The van der Waals surface area contributed by atoms with E-state index in [9.17, 15) is 19.7 Å². The number of nitro groups is 1. The molecule has 0 radical (unpaired) electrons. The zero-order chi connectivity index (χ0) is 19.1. The lowest BCUT2D eigenvalue weighted by molar-refractivity contribution is -0.386. The summed E-state index contributed by atoms with van der Waals surface area (Å²) in [5.74, 6) is -0.840. The van der Waals surface area contributed by atoms with E-state index in [4.69, 9.17) is 4.74 Å². The molecule has 0 aliphatic rings. The van der Waals surface area contributed by atoms with E-state index in [1.54, 1.807) is 37.3 Å². The zero-order valence-electron chi connectivity index (χ0n) is 14.4. The first-order valence-corrected chi connectivity index (χ1v) is 8.02. The van der Waals surface area contributed by atoms with Gasteiger partial charge in [-0.15, -0.1) is 0 Å². The van der Waals surface area contributed by atoms with Gasteiger partial charge in [-0.3, -0.25) is 19.7 Å². The SMILES string of the molecule is CCNC(=O)c1ccccc1NC(=O)C(C)Oc1ccccc1[N+](=O)[O-].